The maximum Gasteiger partial charge on any atom is 0.296 e. The minimum Gasteiger partial charge on any atom is -0.481 e. The van der Waals surface area contributed by atoms with Gasteiger partial charge in [-0.3, -0.25) is 0 Å². The smallest absolute Gasteiger partial charge is 0.296 e. The van der Waals surface area contributed by atoms with E-state index in [1.807, 2.05) is 19.1 Å². The van der Waals surface area contributed by atoms with Gasteiger partial charge in [-0.05, 0) is 49.9 Å². The molecule has 200 valence electrons. The van der Waals surface area contributed by atoms with Gasteiger partial charge < -0.3 is 25.4 Å². The third-order valence-electron chi connectivity index (χ3n) is 6.57. The number of ether oxygens (including phenoxy) is 2. The number of anilines is 3. The van der Waals surface area contributed by atoms with Crippen molar-refractivity contribution >= 4 is 33.7 Å². The summed E-state index contributed by atoms with van der Waals surface area (Å²) < 4.78 is 43.0. The van der Waals surface area contributed by atoms with Crippen LogP contribution in [-0.4, -0.2) is 66.6 Å². The summed E-state index contributed by atoms with van der Waals surface area (Å²) in [5.74, 6) is -1.54. The number of hydrogen-bond donors (Lipinski definition) is 2. The molecule has 1 atom stereocenters. The van der Waals surface area contributed by atoms with Crippen LogP contribution in [0, 0.1) is 6.92 Å². The van der Waals surface area contributed by atoms with E-state index in [0.717, 1.165) is 5.56 Å². The summed E-state index contributed by atoms with van der Waals surface area (Å²) >= 11 is 0. The van der Waals surface area contributed by atoms with Crippen LogP contribution >= 0.6 is 0 Å². The quantitative estimate of drug-likeness (QED) is 0.306. The van der Waals surface area contributed by atoms with Gasteiger partial charge in [0, 0.05) is 24.7 Å². The third kappa shape index (κ3) is 4.83. The molecule has 1 aliphatic rings. The van der Waals surface area contributed by atoms with Crippen molar-refractivity contribution in [2.75, 3.05) is 31.2 Å². The molecule has 0 bridgehead atoms. The molecular weight excluding hydrogens is 508 g/mol. The zero-order valence-corrected chi connectivity index (χ0v) is 21.2. The van der Waals surface area contributed by atoms with Crippen LogP contribution in [0.2, 0.25) is 0 Å². The fraction of sp³-hybridized carbons (Fsp3) is 0.269. The second kappa shape index (κ2) is 9.58. The summed E-state index contributed by atoms with van der Waals surface area (Å²) in [6, 6.07) is 10.5. The summed E-state index contributed by atoms with van der Waals surface area (Å²) in [6.45, 7) is 1.99. The molecule has 0 radical (unpaired) electrons. The number of piperidine rings is 1. The zero-order valence-electron chi connectivity index (χ0n) is 21.2. The third-order valence-corrected chi connectivity index (χ3v) is 6.57. The molecule has 0 unspecified atom stereocenters. The van der Waals surface area contributed by atoms with Gasteiger partial charge in [0.15, 0.2) is 17.5 Å². The van der Waals surface area contributed by atoms with Crippen LogP contribution in [-0.2, 0) is 0 Å². The van der Waals surface area contributed by atoms with Gasteiger partial charge >= 0.3 is 0 Å². The Balaban J connectivity index is 1.29. The molecule has 11 nitrogen and oxygen atoms in total. The van der Waals surface area contributed by atoms with Gasteiger partial charge in [0.1, 0.15) is 30.5 Å². The van der Waals surface area contributed by atoms with Gasteiger partial charge in [-0.25, -0.2) is 33.2 Å². The molecule has 0 amide bonds. The van der Waals surface area contributed by atoms with Crippen LogP contribution in [0.5, 0.6) is 17.4 Å². The Kier molecular flexibility index (Phi) is 6.06. The normalized spacial score (nSPS) is 17.4. The van der Waals surface area contributed by atoms with Gasteiger partial charge in [0.25, 0.3) is 5.92 Å². The number of hydrogen-bond acceptors (Lipinski definition) is 10. The molecule has 3 aromatic heterocycles. The Hall–Kier alpha value is -4.65. The average molecular weight is 534 g/mol. The maximum atomic E-state index is 14.8. The van der Waals surface area contributed by atoms with Crippen LogP contribution in [0.3, 0.4) is 0 Å². The topological polar surface area (TPSA) is 129 Å². The first-order valence-electron chi connectivity index (χ1n) is 12.2. The summed E-state index contributed by atoms with van der Waals surface area (Å²) in [5, 5.41) is 7.71. The Bertz CT molecular complexity index is 1680. The lowest BCUT2D eigenvalue weighted by atomic mass is 10.0. The molecule has 0 spiro atoms. The van der Waals surface area contributed by atoms with E-state index < -0.39 is 12.0 Å². The monoisotopic (exact) mass is 533 g/mol. The Morgan fingerprint density at radius 3 is 2.77 bits per heavy atom. The molecule has 39 heavy (non-hydrogen) atoms. The van der Waals surface area contributed by atoms with Crippen molar-refractivity contribution in [1.29, 1.82) is 0 Å². The molecule has 3 N–H and O–H groups in total. The molecule has 13 heteroatoms. The molecule has 0 saturated carbocycles. The number of nitrogens with two attached hydrogens (primary N) is 1. The van der Waals surface area contributed by atoms with Gasteiger partial charge in [-0.2, -0.15) is 5.10 Å². The fourth-order valence-corrected chi connectivity index (χ4v) is 4.59. The van der Waals surface area contributed by atoms with E-state index in [9.17, 15) is 8.78 Å². The Morgan fingerprint density at radius 2 is 1.95 bits per heavy atom. The number of likely N-dealkylation sites (tertiary alicyclic amines) is 1. The van der Waals surface area contributed by atoms with Crippen molar-refractivity contribution in [3.8, 4) is 17.4 Å². The van der Waals surface area contributed by atoms with Crippen molar-refractivity contribution in [1.82, 2.24) is 34.4 Å². The number of alkyl halides is 2. The molecule has 1 saturated heterocycles. The zero-order chi connectivity index (χ0) is 27.1. The standard InChI is InChI=1S/C26H25F2N9O2/c1-15-9-16(3-6-19(15)38-22-10-21-31-13-34-37(21)14-33-22)35-25-23-18(30-12-32-25)5-4-17(29)24(23)39-20-7-8-36(2)11-26(20,27)28/h3-6,9-10,12-14,20H,7-8,11,29H2,1-2H3,(H,30,32,35)/t20-/m1/s1. The molecule has 5 aromatic rings. The molecular formula is C26H25F2N9O2. The Labute approximate surface area is 221 Å². The maximum absolute atomic E-state index is 14.8. The SMILES string of the molecule is Cc1cc(Nc2ncnc3ccc(N)c(O[C@@H]4CCN(C)CC4(F)F)c23)ccc1Oc1cc2ncnn2cn1. The predicted molar refractivity (Wildman–Crippen MR) is 141 cm³/mol. The highest BCUT2D eigenvalue weighted by molar-refractivity contribution is 5.99. The lowest BCUT2D eigenvalue weighted by Crippen LogP contribution is -2.52. The molecule has 4 heterocycles. The summed E-state index contributed by atoms with van der Waals surface area (Å²) in [7, 11) is 1.66. The number of rotatable bonds is 6. The first-order valence-corrected chi connectivity index (χ1v) is 12.2. The van der Waals surface area contributed by atoms with Crippen molar-refractivity contribution in [3.63, 3.8) is 0 Å². The van der Waals surface area contributed by atoms with Crippen LogP contribution in [0.4, 0.5) is 26.0 Å². The van der Waals surface area contributed by atoms with Crippen molar-refractivity contribution in [3.05, 3.63) is 60.9 Å². The second-order valence-electron chi connectivity index (χ2n) is 9.49. The minimum atomic E-state index is -3.04. The summed E-state index contributed by atoms with van der Waals surface area (Å²) in [5.41, 5.74) is 9.10. The van der Waals surface area contributed by atoms with Crippen LogP contribution in [0.25, 0.3) is 16.6 Å². The van der Waals surface area contributed by atoms with E-state index in [1.54, 1.807) is 36.2 Å². The highest BCUT2D eigenvalue weighted by atomic mass is 19.3. The second-order valence-corrected chi connectivity index (χ2v) is 9.49. The number of benzene rings is 2. The molecule has 6 rings (SSSR count). The minimum absolute atomic E-state index is 0.136. The lowest BCUT2D eigenvalue weighted by Gasteiger charge is -2.36. The number of aryl methyl sites for hydroxylation is 1. The predicted octanol–water partition coefficient (Wildman–Crippen LogP) is 4.21. The van der Waals surface area contributed by atoms with E-state index >= 15 is 0 Å². The number of fused-ring (bicyclic) bond motifs is 2. The number of aromatic nitrogens is 6. The number of nitrogens with one attached hydrogen (secondary N) is 1. The summed E-state index contributed by atoms with van der Waals surface area (Å²) in [6.07, 6.45) is 3.20. The lowest BCUT2D eigenvalue weighted by molar-refractivity contribution is -0.134. The number of nitrogens with zero attached hydrogens (tertiary/aromatic N) is 7. The first-order chi connectivity index (χ1) is 18.8. The van der Waals surface area contributed by atoms with Gasteiger partial charge in [-0.15, -0.1) is 0 Å². The van der Waals surface area contributed by atoms with E-state index in [2.05, 4.69) is 30.4 Å². The van der Waals surface area contributed by atoms with Crippen molar-refractivity contribution in [2.24, 2.45) is 0 Å². The van der Waals surface area contributed by atoms with E-state index in [-0.39, 0.29) is 24.4 Å². The van der Waals surface area contributed by atoms with Crippen LogP contribution in [0.1, 0.15) is 12.0 Å². The molecule has 0 aliphatic carbocycles. The highest BCUT2D eigenvalue weighted by Gasteiger charge is 2.46. The average Bonchev–Trinajstić information content (AvgIpc) is 3.36. The number of nitrogen functional groups attached to an aromatic ring is 1. The molecule has 2 aromatic carbocycles. The molecule has 1 aliphatic heterocycles. The van der Waals surface area contributed by atoms with Gasteiger partial charge in [0.2, 0.25) is 5.88 Å². The highest BCUT2D eigenvalue weighted by Crippen LogP contribution is 2.40. The fourth-order valence-electron chi connectivity index (χ4n) is 4.59. The summed E-state index contributed by atoms with van der Waals surface area (Å²) in [4.78, 5) is 18.6. The van der Waals surface area contributed by atoms with Crippen LogP contribution in [0.15, 0.2) is 55.4 Å². The van der Waals surface area contributed by atoms with Crippen molar-refractivity contribution in [2.45, 2.75) is 25.4 Å². The van der Waals surface area contributed by atoms with E-state index in [1.165, 1.54) is 23.5 Å². The number of halogens is 2. The van der Waals surface area contributed by atoms with Gasteiger partial charge in [0.05, 0.1) is 23.1 Å². The van der Waals surface area contributed by atoms with Crippen molar-refractivity contribution < 1.29 is 18.3 Å². The molecule has 1 fully saturated rings. The van der Waals surface area contributed by atoms with Gasteiger partial charge in [-0.1, -0.05) is 0 Å². The first kappa shape index (κ1) is 24.7. The Morgan fingerprint density at radius 1 is 1.08 bits per heavy atom. The van der Waals surface area contributed by atoms with E-state index in [0.29, 0.717) is 46.2 Å². The van der Waals surface area contributed by atoms with E-state index in [4.69, 9.17) is 15.2 Å². The van der Waals surface area contributed by atoms with Crippen LogP contribution < -0.4 is 20.5 Å². The largest absolute Gasteiger partial charge is 0.481 e.